The maximum Gasteiger partial charge on any atom is 0.271 e. The number of nitro benzene ring substituents is 1. The van der Waals surface area contributed by atoms with E-state index in [4.69, 9.17) is 0 Å². The van der Waals surface area contributed by atoms with Crippen molar-refractivity contribution in [2.24, 2.45) is 0 Å². The molecule has 3 aromatic rings. The van der Waals surface area contributed by atoms with E-state index in [1.807, 2.05) is 0 Å². The number of hydrogen-bond acceptors (Lipinski definition) is 4. The molecule has 23 heavy (non-hydrogen) atoms. The largest absolute Gasteiger partial charge is 0.348 e. The van der Waals surface area contributed by atoms with Gasteiger partial charge in [0.2, 0.25) is 0 Å². The van der Waals surface area contributed by atoms with Crippen LogP contribution in [0.3, 0.4) is 0 Å². The van der Waals surface area contributed by atoms with Gasteiger partial charge in [-0.1, -0.05) is 12.1 Å². The molecule has 0 radical (unpaired) electrons. The van der Waals surface area contributed by atoms with Gasteiger partial charge in [-0.3, -0.25) is 20.0 Å². The summed E-state index contributed by atoms with van der Waals surface area (Å²) in [6.45, 7) is 0.178. The summed E-state index contributed by atoms with van der Waals surface area (Å²) >= 11 is 0. The van der Waals surface area contributed by atoms with Gasteiger partial charge in [0.05, 0.1) is 22.2 Å². The number of non-ortho nitro benzene ring substituents is 1. The van der Waals surface area contributed by atoms with Gasteiger partial charge < -0.3 is 5.32 Å². The highest BCUT2D eigenvalue weighted by atomic mass is 19.1. The molecule has 0 aliphatic heterocycles. The van der Waals surface area contributed by atoms with Crippen LogP contribution in [-0.4, -0.2) is 21.0 Å². The van der Waals surface area contributed by atoms with E-state index in [0.717, 1.165) is 0 Å². The summed E-state index contributed by atoms with van der Waals surface area (Å²) < 4.78 is 12.8. The summed E-state index contributed by atoms with van der Waals surface area (Å²) in [5, 5.41) is 20.6. The number of fused-ring (bicyclic) bond motifs is 1. The van der Waals surface area contributed by atoms with Crippen LogP contribution in [0, 0.1) is 15.9 Å². The lowest BCUT2D eigenvalue weighted by Crippen LogP contribution is -2.23. The number of rotatable bonds is 4. The lowest BCUT2D eigenvalue weighted by Gasteiger charge is -2.06. The minimum absolute atomic E-state index is 0.133. The van der Waals surface area contributed by atoms with Crippen molar-refractivity contribution in [2.75, 3.05) is 0 Å². The van der Waals surface area contributed by atoms with Crippen molar-refractivity contribution < 1.29 is 14.1 Å². The Morgan fingerprint density at radius 1 is 1.30 bits per heavy atom. The minimum atomic E-state index is -0.566. The van der Waals surface area contributed by atoms with Gasteiger partial charge in [0.25, 0.3) is 11.6 Å². The maximum atomic E-state index is 12.8. The fraction of sp³-hybridized carbons (Fsp3) is 0.0667. The molecule has 0 unspecified atom stereocenters. The summed E-state index contributed by atoms with van der Waals surface area (Å²) in [7, 11) is 0. The number of nitrogens with zero attached hydrogens (tertiary/aromatic N) is 2. The van der Waals surface area contributed by atoms with Gasteiger partial charge >= 0.3 is 0 Å². The third-order valence-corrected chi connectivity index (χ3v) is 3.36. The van der Waals surface area contributed by atoms with Crippen molar-refractivity contribution in [3.05, 3.63) is 69.7 Å². The molecule has 116 valence electrons. The Kier molecular flexibility index (Phi) is 3.71. The molecule has 0 bridgehead atoms. The standard InChI is InChI=1S/C15H11FN4O3/c16-11-3-1-9(2-4-11)7-17-15(21)13-6-12(20(22)23)5-10-8-18-19-14(10)13/h1-6,8H,7H2,(H,17,21)(H,18,19). The van der Waals surface area contributed by atoms with Gasteiger partial charge in [0, 0.05) is 24.1 Å². The number of H-pyrrole nitrogens is 1. The Morgan fingerprint density at radius 2 is 2.04 bits per heavy atom. The molecule has 0 saturated carbocycles. The molecule has 0 atom stereocenters. The van der Waals surface area contributed by atoms with Crippen molar-refractivity contribution in [3.8, 4) is 0 Å². The first-order valence-electron chi connectivity index (χ1n) is 6.69. The second-order valence-electron chi connectivity index (χ2n) is 4.89. The molecule has 8 heteroatoms. The van der Waals surface area contributed by atoms with Crippen molar-refractivity contribution in [1.29, 1.82) is 0 Å². The van der Waals surface area contributed by atoms with Gasteiger partial charge in [-0.25, -0.2) is 4.39 Å². The molecule has 0 spiro atoms. The van der Waals surface area contributed by atoms with E-state index < -0.39 is 10.8 Å². The van der Waals surface area contributed by atoms with E-state index in [2.05, 4.69) is 15.5 Å². The number of halogens is 1. The topological polar surface area (TPSA) is 101 Å². The van der Waals surface area contributed by atoms with Crippen LogP contribution < -0.4 is 5.32 Å². The van der Waals surface area contributed by atoms with Crippen molar-refractivity contribution >= 4 is 22.5 Å². The Morgan fingerprint density at radius 3 is 2.74 bits per heavy atom. The lowest BCUT2D eigenvalue weighted by atomic mass is 10.1. The second kappa shape index (κ2) is 5.84. The first-order chi connectivity index (χ1) is 11.0. The van der Waals surface area contributed by atoms with E-state index >= 15 is 0 Å². The van der Waals surface area contributed by atoms with E-state index in [1.165, 1.54) is 30.5 Å². The van der Waals surface area contributed by atoms with Gasteiger partial charge in [0.15, 0.2) is 0 Å². The SMILES string of the molecule is O=C(NCc1ccc(F)cc1)c1cc([N+](=O)[O-])cc2cn[nH]c12. The summed E-state index contributed by atoms with van der Waals surface area (Å²) in [5.74, 6) is -0.842. The zero-order chi connectivity index (χ0) is 16.4. The van der Waals surface area contributed by atoms with Crippen molar-refractivity contribution in [1.82, 2.24) is 15.5 Å². The van der Waals surface area contributed by atoms with Crippen LogP contribution in [-0.2, 0) is 6.54 Å². The quantitative estimate of drug-likeness (QED) is 0.570. The first-order valence-corrected chi connectivity index (χ1v) is 6.69. The predicted octanol–water partition coefficient (Wildman–Crippen LogP) is 2.54. The molecular formula is C15H11FN4O3. The Balaban J connectivity index is 1.86. The molecular weight excluding hydrogens is 303 g/mol. The highest BCUT2D eigenvalue weighted by Crippen LogP contribution is 2.23. The molecule has 1 heterocycles. The van der Waals surface area contributed by atoms with Crippen LogP contribution in [0.15, 0.2) is 42.6 Å². The Labute approximate surface area is 129 Å². The van der Waals surface area contributed by atoms with Gasteiger partial charge in [-0.05, 0) is 17.7 Å². The third kappa shape index (κ3) is 3.00. The molecule has 2 aromatic carbocycles. The van der Waals surface area contributed by atoms with Crippen LogP contribution in [0.5, 0.6) is 0 Å². The minimum Gasteiger partial charge on any atom is -0.348 e. The molecule has 2 N–H and O–H groups in total. The molecule has 3 rings (SSSR count). The molecule has 0 fully saturated rings. The summed E-state index contributed by atoms with van der Waals surface area (Å²) in [6.07, 6.45) is 1.42. The predicted molar refractivity (Wildman–Crippen MR) is 80.3 cm³/mol. The lowest BCUT2D eigenvalue weighted by molar-refractivity contribution is -0.384. The smallest absolute Gasteiger partial charge is 0.271 e. The normalized spacial score (nSPS) is 10.7. The number of aromatic nitrogens is 2. The van der Waals surface area contributed by atoms with Crippen LogP contribution in [0.2, 0.25) is 0 Å². The number of benzene rings is 2. The number of nitrogens with one attached hydrogen (secondary N) is 2. The molecule has 1 amide bonds. The van der Waals surface area contributed by atoms with Crippen LogP contribution in [0.4, 0.5) is 10.1 Å². The second-order valence-corrected chi connectivity index (χ2v) is 4.89. The third-order valence-electron chi connectivity index (χ3n) is 3.36. The number of carbonyl (C=O) groups excluding carboxylic acids is 1. The molecule has 1 aromatic heterocycles. The average molecular weight is 314 g/mol. The van der Waals surface area contributed by atoms with Crippen molar-refractivity contribution in [3.63, 3.8) is 0 Å². The average Bonchev–Trinajstić information content (AvgIpc) is 3.01. The summed E-state index contributed by atoms with van der Waals surface area (Å²) in [4.78, 5) is 22.7. The number of amides is 1. The van der Waals surface area contributed by atoms with Gasteiger partial charge in [0.1, 0.15) is 5.82 Å². The fourth-order valence-electron chi connectivity index (χ4n) is 2.21. The number of aromatic amines is 1. The maximum absolute atomic E-state index is 12.8. The zero-order valence-corrected chi connectivity index (χ0v) is 11.7. The number of carbonyl (C=O) groups is 1. The van der Waals surface area contributed by atoms with E-state index in [1.54, 1.807) is 12.1 Å². The summed E-state index contributed by atoms with van der Waals surface area (Å²) in [6, 6.07) is 8.23. The molecule has 0 saturated heterocycles. The number of hydrogen-bond donors (Lipinski definition) is 2. The monoisotopic (exact) mass is 314 g/mol. The van der Waals surface area contributed by atoms with Crippen molar-refractivity contribution in [2.45, 2.75) is 6.54 Å². The highest BCUT2D eigenvalue weighted by molar-refractivity contribution is 6.06. The number of nitro groups is 1. The van der Waals surface area contributed by atoms with Gasteiger partial charge in [-0.15, -0.1) is 0 Å². The van der Waals surface area contributed by atoms with E-state index in [0.29, 0.717) is 16.5 Å². The van der Waals surface area contributed by atoms with Crippen LogP contribution >= 0.6 is 0 Å². The first kappa shape index (κ1) is 14.6. The summed E-state index contributed by atoms with van der Waals surface area (Å²) in [5.41, 5.74) is 1.08. The zero-order valence-electron chi connectivity index (χ0n) is 11.7. The molecule has 0 aliphatic rings. The highest BCUT2D eigenvalue weighted by Gasteiger charge is 2.18. The molecule has 0 aliphatic carbocycles. The van der Waals surface area contributed by atoms with E-state index in [-0.39, 0.29) is 23.6 Å². The Bertz CT molecular complexity index is 889. The van der Waals surface area contributed by atoms with Crippen LogP contribution in [0.1, 0.15) is 15.9 Å². The fourth-order valence-corrected chi connectivity index (χ4v) is 2.21. The van der Waals surface area contributed by atoms with E-state index in [9.17, 15) is 19.3 Å². The molecule has 7 nitrogen and oxygen atoms in total. The van der Waals surface area contributed by atoms with Crippen LogP contribution in [0.25, 0.3) is 10.9 Å². The van der Waals surface area contributed by atoms with Gasteiger partial charge in [-0.2, -0.15) is 5.10 Å². The Hall–Kier alpha value is -3.29.